The van der Waals surface area contributed by atoms with E-state index in [9.17, 15) is 13.2 Å². The molecular formula is C9H20N2O3S. The van der Waals surface area contributed by atoms with Crippen molar-refractivity contribution in [3.63, 3.8) is 0 Å². The zero-order valence-corrected chi connectivity index (χ0v) is 10.5. The molecule has 0 heterocycles. The molecule has 0 spiro atoms. The predicted molar refractivity (Wildman–Crippen MR) is 59.7 cm³/mol. The monoisotopic (exact) mass is 236 g/mol. The Hall–Kier alpha value is -0.620. The molecule has 0 saturated carbocycles. The van der Waals surface area contributed by atoms with E-state index in [4.69, 9.17) is 5.73 Å². The number of carbonyl (C=O) groups excluding carboxylic acids is 1. The minimum Gasteiger partial charge on any atom is -0.327 e. The van der Waals surface area contributed by atoms with E-state index in [0.29, 0.717) is 0 Å². The number of nitrogens with two attached hydrogens (primary N) is 1. The Labute approximate surface area is 91.5 Å². The molecule has 0 bridgehead atoms. The number of hydrogen-bond acceptors (Lipinski definition) is 4. The number of rotatable bonds is 4. The van der Waals surface area contributed by atoms with Crippen molar-refractivity contribution in [1.82, 2.24) is 4.72 Å². The van der Waals surface area contributed by atoms with Gasteiger partial charge in [0.1, 0.15) is 0 Å². The molecule has 15 heavy (non-hydrogen) atoms. The predicted octanol–water partition coefficient (Wildman–Crippen LogP) is 0.216. The fraction of sp³-hybridized carbons (Fsp3) is 0.889. The van der Waals surface area contributed by atoms with Crippen LogP contribution in [0.2, 0.25) is 0 Å². The number of sulfonamides is 1. The van der Waals surface area contributed by atoms with E-state index in [2.05, 4.69) is 0 Å². The van der Waals surface area contributed by atoms with Gasteiger partial charge in [0.15, 0.2) is 0 Å². The van der Waals surface area contributed by atoms with Crippen molar-refractivity contribution in [3.8, 4) is 0 Å². The van der Waals surface area contributed by atoms with Crippen LogP contribution >= 0.6 is 0 Å². The summed E-state index contributed by atoms with van der Waals surface area (Å²) in [4.78, 5) is 11.3. The minimum absolute atomic E-state index is 0.0166. The third-order valence-electron chi connectivity index (χ3n) is 2.17. The highest BCUT2D eigenvalue weighted by Gasteiger charge is 2.24. The van der Waals surface area contributed by atoms with Crippen molar-refractivity contribution in [3.05, 3.63) is 0 Å². The summed E-state index contributed by atoms with van der Waals surface area (Å²) in [6.07, 6.45) is 0.0166. The van der Waals surface area contributed by atoms with E-state index < -0.39 is 15.9 Å². The smallest absolute Gasteiger partial charge is 0.235 e. The molecule has 0 aromatic heterocycles. The van der Waals surface area contributed by atoms with Gasteiger partial charge in [0.25, 0.3) is 0 Å². The number of hydrogen-bond donors (Lipinski definition) is 2. The maximum Gasteiger partial charge on any atom is 0.235 e. The van der Waals surface area contributed by atoms with Crippen molar-refractivity contribution in [2.24, 2.45) is 11.1 Å². The summed E-state index contributed by atoms with van der Waals surface area (Å²) < 4.78 is 24.1. The second kappa shape index (κ2) is 4.94. The molecule has 0 rings (SSSR count). The van der Waals surface area contributed by atoms with E-state index in [-0.39, 0.29) is 23.6 Å². The summed E-state index contributed by atoms with van der Waals surface area (Å²) >= 11 is 0. The molecule has 0 fully saturated rings. The van der Waals surface area contributed by atoms with Gasteiger partial charge in [0.2, 0.25) is 15.9 Å². The molecule has 0 aromatic rings. The number of carbonyl (C=O) groups is 1. The number of nitrogens with one attached hydrogen (secondary N) is 1. The van der Waals surface area contributed by atoms with E-state index in [0.717, 1.165) is 0 Å². The Bertz CT molecular complexity index is 317. The van der Waals surface area contributed by atoms with Crippen molar-refractivity contribution in [2.75, 3.05) is 5.75 Å². The SMILES string of the molecule is CCS(=O)(=O)NC(=O)CC(N)C(C)(C)C. The van der Waals surface area contributed by atoms with Crippen LogP contribution in [0.1, 0.15) is 34.1 Å². The van der Waals surface area contributed by atoms with Crippen molar-refractivity contribution < 1.29 is 13.2 Å². The molecule has 0 saturated heterocycles. The van der Waals surface area contributed by atoms with Gasteiger partial charge in [-0.15, -0.1) is 0 Å². The van der Waals surface area contributed by atoms with Crippen LogP contribution in [-0.4, -0.2) is 26.1 Å². The van der Waals surface area contributed by atoms with Gasteiger partial charge >= 0.3 is 0 Å². The lowest BCUT2D eigenvalue weighted by Gasteiger charge is -2.26. The van der Waals surface area contributed by atoms with Gasteiger partial charge in [-0.25, -0.2) is 8.42 Å². The summed E-state index contributed by atoms with van der Waals surface area (Å²) in [6, 6.07) is -0.357. The highest BCUT2D eigenvalue weighted by molar-refractivity contribution is 7.90. The van der Waals surface area contributed by atoms with Crippen LogP contribution in [0.5, 0.6) is 0 Å². The molecule has 3 N–H and O–H groups in total. The minimum atomic E-state index is -3.46. The summed E-state index contributed by atoms with van der Waals surface area (Å²) in [5.74, 6) is -0.650. The Morgan fingerprint density at radius 1 is 1.40 bits per heavy atom. The molecule has 5 nitrogen and oxygen atoms in total. The Balaban J connectivity index is 4.29. The highest BCUT2D eigenvalue weighted by Crippen LogP contribution is 2.19. The third kappa shape index (κ3) is 5.74. The van der Waals surface area contributed by atoms with Crippen LogP contribution in [0.4, 0.5) is 0 Å². The van der Waals surface area contributed by atoms with Crippen LogP contribution in [0.15, 0.2) is 0 Å². The first-order valence-electron chi connectivity index (χ1n) is 4.87. The zero-order valence-electron chi connectivity index (χ0n) is 9.70. The first kappa shape index (κ1) is 14.4. The van der Waals surface area contributed by atoms with Crippen LogP contribution in [0.3, 0.4) is 0 Å². The Morgan fingerprint density at radius 3 is 2.20 bits per heavy atom. The largest absolute Gasteiger partial charge is 0.327 e. The maximum absolute atomic E-state index is 11.3. The normalized spacial score (nSPS) is 14.7. The average Bonchev–Trinajstić information content (AvgIpc) is 2.01. The lowest BCUT2D eigenvalue weighted by molar-refractivity contribution is -0.120. The summed E-state index contributed by atoms with van der Waals surface area (Å²) in [6.45, 7) is 7.18. The standard InChI is InChI=1S/C9H20N2O3S/c1-5-15(13,14)11-8(12)6-7(10)9(2,3)4/h7H,5-6,10H2,1-4H3,(H,11,12). The summed E-state index contributed by atoms with van der Waals surface area (Å²) in [7, 11) is -3.46. The zero-order chi connectivity index (χ0) is 12.3. The van der Waals surface area contributed by atoms with Crippen molar-refractivity contribution in [2.45, 2.75) is 40.2 Å². The van der Waals surface area contributed by atoms with Gasteiger partial charge < -0.3 is 5.73 Å². The van der Waals surface area contributed by atoms with Gasteiger partial charge in [0.05, 0.1) is 5.75 Å². The van der Waals surface area contributed by atoms with Crippen molar-refractivity contribution >= 4 is 15.9 Å². The van der Waals surface area contributed by atoms with Gasteiger partial charge in [-0.05, 0) is 12.3 Å². The maximum atomic E-state index is 11.3. The third-order valence-corrected chi connectivity index (χ3v) is 3.47. The molecule has 1 amide bonds. The number of amides is 1. The Morgan fingerprint density at radius 2 is 1.87 bits per heavy atom. The molecule has 0 aromatic carbocycles. The fourth-order valence-electron chi connectivity index (χ4n) is 0.793. The summed E-state index contributed by atoms with van der Waals surface area (Å²) in [5, 5.41) is 0. The van der Waals surface area contributed by atoms with Crippen LogP contribution < -0.4 is 10.5 Å². The van der Waals surface area contributed by atoms with E-state index in [1.165, 1.54) is 6.92 Å². The van der Waals surface area contributed by atoms with Gasteiger partial charge in [-0.3, -0.25) is 9.52 Å². The van der Waals surface area contributed by atoms with Gasteiger partial charge in [0, 0.05) is 12.5 Å². The lowest BCUT2D eigenvalue weighted by atomic mass is 9.85. The van der Waals surface area contributed by atoms with Crippen molar-refractivity contribution in [1.29, 1.82) is 0 Å². The Kier molecular flexibility index (Phi) is 4.73. The second-order valence-corrected chi connectivity index (χ2v) is 6.62. The van der Waals surface area contributed by atoms with E-state index in [1.807, 2.05) is 25.5 Å². The molecule has 6 heteroatoms. The van der Waals surface area contributed by atoms with Gasteiger partial charge in [-0.1, -0.05) is 20.8 Å². The molecule has 90 valence electrons. The second-order valence-electron chi connectivity index (χ2n) is 4.61. The van der Waals surface area contributed by atoms with Crippen LogP contribution in [0, 0.1) is 5.41 Å². The molecule has 0 aliphatic carbocycles. The molecule has 1 unspecified atom stereocenters. The lowest BCUT2D eigenvalue weighted by Crippen LogP contribution is -2.41. The highest BCUT2D eigenvalue weighted by atomic mass is 32.2. The topological polar surface area (TPSA) is 89.3 Å². The molecular weight excluding hydrogens is 216 g/mol. The first-order valence-corrected chi connectivity index (χ1v) is 6.52. The first-order chi connectivity index (χ1) is 6.58. The molecule has 0 aliphatic rings. The van der Waals surface area contributed by atoms with Gasteiger partial charge in [-0.2, -0.15) is 0 Å². The van der Waals surface area contributed by atoms with Crippen LogP contribution in [-0.2, 0) is 14.8 Å². The van der Waals surface area contributed by atoms with E-state index in [1.54, 1.807) is 0 Å². The molecule has 0 aliphatic heterocycles. The molecule has 1 atom stereocenters. The molecule has 0 radical (unpaired) electrons. The van der Waals surface area contributed by atoms with E-state index >= 15 is 0 Å². The summed E-state index contributed by atoms with van der Waals surface area (Å²) in [5.41, 5.74) is 5.54. The quantitative estimate of drug-likeness (QED) is 0.730. The fourth-order valence-corrected chi connectivity index (χ4v) is 1.37. The van der Waals surface area contributed by atoms with Crippen LogP contribution in [0.25, 0.3) is 0 Å². The average molecular weight is 236 g/mol.